The number of hydrogen-bond acceptors (Lipinski definition) is 2. The first kappa shape index (κ1) is 11.5. The highest BCUT2D eigenvalue weighted by Crippen LogP contribution is 2.34. The van der Waals surface area contributed by atoms with Crippen molar-refractivity contribution in [3.05, 3.63) is 0 Å². The number of nitrogens with one attached hydrogen (secondary N) is 1. The van der Waals surface area contributed by atoms with Crippen LogP contribution < -0.4 is 5.32 Å². The minimum atomic E-state index is 0.121. The molecule has 0 spiro atoms. The molecule has 14 heavy (non-hydrogen) atoms. The van der Waals surface area contributed by atoms with Gasteiger partial charge in [0.15, 0.2) is 0 Å². The van der Waals surface area contributed by atoms with E-state index in [1.54, 1.807) is 0 Å². The Morgan fingerprint density at radius 3 is 2.57 bits per heavy atom. The van der Waals surface area contributed by atoms with Crippen LogP contribution >= 0.6 is 0 Å². The maximum absolute atomic E-state index is 11.5. The molecule has 0 heterocycles. The zero-order valence-corrected chi connectivity index (χ0v) is 9.01. The number of aliphatic hydroxyl groups excluding tert-OH is 1. The summed E-state index contributed by atoms with van der Waals surface area (Å²) in [4.78, 5) is 11.5. The molecule has 1 aliphatic carbocycles. The lowest BCUT2D eigenvalue weighted by Gasteiger charge is -2.42. The topological polar surface area (TPSA) is 49.3 Å². The summed E-state index contributed by atoms with van der Waals surface area (Å²) in [5.41, 5.74) is 0.121. The average molecular weight is 199 g/mol. The minimum Gasteiger partial charge on any atom is -0.396 e. The van der Waals surface area contributed by atoms with Gasteiger partial charge in [0.05, 0.1) is 0 Å². The normalized spacial score (nSPS) is 18.7. The fourth-order valence-electron chi connectivity index (χ4n) is 1.93. The number of rotatable bonds is 6. The molecular weight excluding hydrogens is 178 g/mol. The molecular formula is C11H21NO2. The van der Waals surface area contributed by atoms with Crippen LogP contribution in [0.25, 0.3) is 0 Å². The van der Waals surface area contributed by atoms with Crippen LogP contribution in [0.2, 0.25) is 0 Å². The molecule has 0 saturated heterocycles. The van der Waals surface area contributed by atoms with Crippen LogP contribution in [-0.2, 0) is 4.79 Å². The molecule has 1 amide bonds. The van der Waals surface area contributed by atoms with E-state index in [2.05, 4.69) is 12.2 Å². The average Bonchev–Trinajstić information content (AvgIpc) is 2.12. The number of carbonyl (C=O) groups excluding carboxylic acids is 1. The first-order valence-electron chi connectivity index (χ1n) is 5.64. The van der Waals surface area contributed by atoms with Crippen molar-refractivity contribution in [2.45, 2.75) is 57.4 Å². The van der Waals surface area contributed by atoms with Crippen molar-refractivity contribution < 1.29 is 9.90 Å². The summed E-state index contributed by atoms with van der Waals surface area (Å²) >= 11 is 0. The van der Waals surface area contributed by atoms with E-state index in [1.165, 1.54) is 6.42 Å². The lowest BCUT2D eigenvalue weighted by molar-refractivity contribution is -0.124. The zero-order valence-electron chi connectivity index (χ0n) is 9.01. The predicted molar refractivity (Wildman–Crippen MR) is 56.0 cm³/mol. The van der Waals surface area contributed by atoms with Crippen molar-refractivity contribution in [3.63, 3.8) is 0 Å². The van der Waals surface area contributed by atoms with Gasteiger partial charge < -0.3 is 10.4 Å². The van der Waals surface area contributed by atoms with E-state index in [1.807, 2.05) is 0 Å². The molecule has 3 heteroatoms. The molecule has 0 aliphatic heterocycles. The highest BCUT2D eigenvalue weighted by molar-refractivity contribution is 5.76. The summed E-state index contributed by atoms with van der Waals surface area (Å²) in [7, 11) is 0. The molecule has 0 aromatic rings. The zero-order chi connectivity index (χ0) is 10.4. The van der Waals surface area contributed by atoms with Crippen molar-refractivity contribution >= 4 is 5.91 Å². The Labute approximate surface area is 85.9 Å². The van der Waals surface area contributed by atoms with Crippen LogP contribution in [0.15, 0.2) is 0 Å². The van der Waals surface area contributed by atoms with Crippen molar-refractivity contribution in [2.24, 2.45) is 0 Å². The number of aliphatic hydroxyl groups is 1. The van der Waals surface area contributed by atoms with Gasteiger partial charge in [0.25, 0.3) is 0 Å². The highest BCUT2D eigenvalue weighted by atomic mass is 16.2. The van der Waals surface area contributed by atoms with Crippen LogP contribution in [0.3, 0.4) is 0 Å². The molecule has 0 atom stereocenters. The number of carbonyl (C=O) groups is 1. The molecule has 0 radical (unpaired) electrons. The Hall–Kier alpha value is -0.570. The fraction of sp³-hybridized carbons (Fsp3) is 0.909. The van der Waals surface area contributed by atoms with Gasteiger partial charge in [0.2, 0.25) is 5.91 Å². The van der Waals surface area contributed by atoms with Gasteiger partial charge in [0.1, 0.15) is 0 Å². The molecule has 0 aromatic heterocycles. The predicted octanol–water partition coefficient (Wildman–Crippen LogP) is 1.60. The van der Waals surface area contributed by atoms with E-state index in [9.17, 15) is 4.79 Å². The molecule has 0 aromatic carbocycles. The summed E-state index contributed by atoms with van der Waals surface area (Å²) in [5, 5.41) is 11.7. The standard InChI is InChI=1S/C11H21NO2/c1-2-11(7-5-8-11)12-10(14)6-3-4-9-13/h13H,2-9H2,1H3,(H,12,14). The van der Waals surface area contributed by atoms with Gasteiger partial charge in [-0.2, -0.15) is 0 Å². The second-order valence-corrected chi connectivity index (χ2v) is 4.22. The Bertz CT molecular complexity index is 182. The van der Waals surface area contributed by atoms with E-state index in [-0.39, 0.29) is 18.1 Å². The molecule has 82 valence electrons. The minimum absolute atomic E-state index is 0.121. The smallest absolute Gasteiger partial charge is 0.220 e. The van der Waals surface area contributed by atoms with Crippen molar-refractivity contribution in [3.8, 4) is 0 Å². The summed E-state index contributed by atoms with van der Waals surface area (Å²) in [6, 6.07) is 0. The molecule has 1 saturated carbocycles. The van der Waals surface area contributed by atoms with Gasteiger partial charge >= 0.3 is 0 Å². The third-order valence-corrected chi connectivity index (χ3v) is 3.20. The van der Waals surface area contributed by atoms with Crippen molar-refractivity contribution in [1.82, 2.24) is 5.32 Å². The van der Waals surface area contributed by atoms with E-state index >= 15 is 0 Å². The first-order valence-corrected chi connectivity index (χ1v) is 5.64. The monoisotopic (exact) mass is 199 g/mol. The van der Waals surface area contributed by atoms with Crippen LogP contribution in [0.5, 0.6) is 0 Å². The maximum Gasteiger partial charge on any atom is 0.220 e. The summed E-state index contributed by atoms with van der Waals surface area (Å²) in [6.07, 6.45) is 6.63. The SMILES string of the molecule is CCC1(NC(=O)CCCCO)CCC1. The third kappa shape index (κ3) is 2.98. The molecule has 2 N–H and O–H groups in total. The first-order chi connectivity index (χ1) is 6.72. The van der Waals surface area contributed by atoms with Crippen LogP contribution in [-0.4, -0.2) is 23.2 Å². The number of hydrogen-bond donors (Lipinski definition) is 2. The Morgan fingerprint density at radius 1 is 1.43 bits per heavy atom. The van der Waals surface area contributed by atoms with Gasteiger partial charge in [-0.05, 0) is 38.5 Å². The van der Waals surface area contributed by atoms with E-state index < -0.39 is 0 Å². The summed E-state index contributed by atoms with van der Waals surface area (Å²) < 4.78 is 0. The molecule has 0 unspecified atom stereocenters. The van der Waals surface area contributed by atoms with Gasteiger partial charge in [0, 0.05) is 18.6 Å². The van der Waals surface area contributed by atoms with E-state index in [4.69, 9.17) is 5.11 Å². The second-order valence-electron chi connectivity index (χ2n) is 4.22. The van der Waals surface area contributed by atoms with Crippen LogP contribution in [0, 0.1) is 0 Å². The van der Waals surface area contributed by atoms with Crippen molar-refractivity contribution in [2.75, 3.05) is 6.61 Å². The quantitative estimate of drug-likeness (QED) is 0.638. The molecule has 3 nitrogen and oxygen atoms in total. The lowest BCUT2D eigenvalue weighted by atomic mass is 9.75. The van der Waals surface area contributed by atoms with E-state index in [0.29, 0.717) is 6.42 Å². The largest absolute Gasteiger partial charge is 0.396 e. The molecule has 0 bridgehead atoms. The van der Waals surface area contributed by atoms with Crippen molar-refractivity contribution in [1.29, 1.82) is 0 Å². The lowest BCUT2D eigenvalue weighted by Crippen LogP contribution is -2.52. The maximum atomic E-state index is 11.5. The Balaban J connectivity index is 2.18. The molecule has 1 aliphatic rings. The second kappa shape index (κ2) is 5.35. The van der Waals surface area contributed by atoms with Crippen LogP contribution in [0.4, 0.5) is 0 Å². The van der Waals surface area contributed by atoms with Gasteiger partial charge in [-0.15, -0.1) is 0 Å². The van der Waals surface area contributed by atoms with Gasteiger partial charge in [-0.3, -0.25) is 4.79 Å². The highest BCUT2D eigenvalue weighted by Gasteiger charge is 2.35. The molecule has 1 fully saturated rings. The van der Waals surface area contributed by atoms with Gasteiger partial charge in [-0.1, -0.05) is 6.92 Å². The number of unbranched alkanes of at least 4 members (excludes halogenated alkanes) is 1. The number of amides is 1. The summed E-state index contributed by atoms with van der Waals surface area (Å²) in [5.74, 6) is 0.153. The Morgan fingerprint density at radius 2 is 2.14 bits per heavy atom. The Kier molecular flexibility index (Phi) is 4.39. The summed E-state index contributed by atoms with van der Waals surface area (Å²) in [6.45, 7) is 2.32. The van der Waals surface area contributed by atoms with Gasteiger partial charge in [-0.25, -0.2) is 0 Å². The van der Waals surface area contributed by atoms with Crippen LogP contribution in [0.1, 0.15) is 51.9 Å². The fourth-order valence-corrected chi connectivity index (χ4v) is 1.93. The third-order valence-electron chi connectivity index (χ3n) is 3.20. The van der Waals surface area contributed by atoms with E-state index in [0.717, 1.165) is 32.1 Å². The molecule has 1 rings (SSSR count).